The van der Waals surface area contributed by atoms with Crippen molar-refractivity contribution in [3.05, 3.63) is 183 Å². The van der Waals surface area contributed by atoms with Crippen LogP contribution < -0.4 is 32.0 Å². The molecule has 8 aromatic rings. The van der Waals surface area contributed by atoms with E-state index < -0.39 is 115 Å². The molecule has 0 amide bonds. The van der Waals surface area contributed by atoms with Gasteiger partial charge in [0.25, 0.3) is 0 Å². The van der Waals surface area contributed by atoms with Gasteiger partial charge in [-0.3, -0.25) is 0 Å². The van der Waals surface area contributed by atoms with Crippen molar-refractivity contribution < 1.29 is 78.2 Å². The molecule has 1 aliphatic carbocycles. The lowest BCUT2D eigenvalue weighted by Gasteiger charge is -2.19. The number of phenolic OH excluding ortho intramolecular Hbond substituents is 8. The summed E-state index contributed by atoms with van der Waals surface area (Å²) in [5, 5.41) is 107. The molecule has 20 heteroatoms. The molecule has 0 spiro atoms. The second-order valence-electron chi connectivity index (χ2n) is 16.9. The van der Waals surface area contributed by atoms with Gasteiger partial charge in [0.05, 0.1) is 23.0 Å². The van der Waals surface area contributed by atoms with Crippen molar-refractivity contribution in [1.29, 1.82) is 0 Å². The fourth-order valence-electron chi connectivity index (χ4n) is 9.21. The summed E-state index contributed by atoms with van der Waals surface area (Å²) in [5.41, 5.74) is -6.32. The number of aromatic hydroxyl groups is 10. The van der Waals surface area contributed by atoms with Crippen LogP contribution in [-0.2, 0) is 0 Å². The van der Waals surface area contributed by atoms with Gasteiger partial charge >= 0.3 is 22.5 Å². The second-order valence-corrected chi connectivity index (χ2v) is 16.9. The van der Waals surface area contributed by atoms with Gasteiger partial charge in [0.2, 0.25) is 0 Å². The van der Waals surface area contributed by atoms with Crippen LogP contribution in [0.25, 0.3) is 46.6 Å². The molecule has 0 saturated heterocycles. The van der Waals surface area contributed by atoms with E-state index in [1.165, 1.54) is 48.6 Å². The van der Waals surface area contributed by atoms with Crippen molar-refractivity contribution in [3.8, 4) is 91.2 Å². The van der Waals surface area contributed by atoms with Crippen LogP contribution in [0.3, 0.4) is 0 Å². The minimum absolute atomic E-state index is 0.0582. The number of rotatable bonds is 2. The van der Waals surface area contributed by atoms with Crippen molar-refractivity contribution in [2.75, 3.05) is 0 Å². The van der Waals surface area contributed by atoms with E-state index in [0.29, 0.717) is 0 Å². The molecule has 360 valence electrons. The van der Waals surface area contributed by atoms with Gasteiger partial charge in [-0.25, -0.2) is 19.2 Å². The molecule has 12 bridgehead atoms. The highest BCUT2D eigenvalue weighted by molar-refractivity contribution is 5.86. The molecular weight excluding hydrogens is 945 g/mol. The van der Waals surface area contributed by atoms with Gasteiger partial charge in [-0.1, -0.05) is 24.3 Å². The molecule has 20 nitrogen and oxygen atoms in total. The lowest BCUT2D eigenvalue weighted by Crippen LogP contribution is -2.18. The van der Waals surface area contributed by atoms with E-state index >= 15 is 0 Å². The van der Waals surface area contributed by atoms with Crippen LogP contribution in [0.4, 0.5) is 0 Å². The van der Waals surface area contributed by atoms with Gasteiger partial charge in [-0.05, 0) is 82.9 Å². The predicted octanol–water partition coefficient (Wildman–Crippen LogP) is 7.07. The summed E-state index contributed by atoms with van der Waals surface area (Å²) in [6.45, 7) is 0. The average Bonchev–Trinajstić information content (AvgIpc) is 3.91. The third kappa shape index (κ3) is 7.16. The third-order valence-corrected chi connectivity index (χ3v) is 12.5. The van der Waals surface area contributed by atoms with Gasteiger partial charge in [-0.2, -0.15) is 0 Å². The highest BCUT2D eigenvalue weighted by Crippen LogP contribution is 2.52. The van der Waals surface area contributed by atoms with Crippen LogP contribution in [0.1, 0.15) is 80.5 Å². The summed E-state index contributed by atoms with van der Waals surface area (Å²) in [4.78, 5) is 56.5. The molecule has 11 aliphatic heterocycles. The Hall–Kier alpha value is -10.2. The van der Waals surface area contributed by atoms with Crippen LogP contribution in [0.15, 0.2) is 122 Å². The molecule has 0 radical (unpaired) electrons. The predicted molar refractivity (Wildman–Crippen MR) is 249 cm³/mol. The molecule has 4 aromatic carbocycles. The second kappa shape index (κ2) is 16.2. The first-order valence-electron chi connectivity index (χ1n) is 21.4. The Bertz CT molecular complexity index is 3710. The normalized spacial score (nSPS) is 18.1. The van der Waals surface area contributed by atoms with Gasteiger partial charge in [0.1, 0.15) is 69.4 Å². The third-order valence-electron chi connectivity index (χ3n) is 12.5. The standard InChI is InChI=1S/C52H32O20/c53-27-7-3-21(11-29(27)55)47-43-40-18-36(62)42(50(64)72-40)26-16-34(60)32(58)10-20(26)2-6-24-14-38-46(52(66)68-24)44(48(70-38)22-4-8-28(54)30(56)12-22)39-17-35(61)41(49(63)71-39)25-15-33(59)31(57)9-19(25)1-5-23-13-37(69-47)45(43)51(65)67-23/h1-18,43-44,47-48,53-62H/b5-1+,6-2+/t43-,44-,47+,48+/m0/s1. The molecule has 10 N–H and O–H groups in total. The van der Waals surface area contributed by atoms with Crippen LogP contribution in [0.2, 0.25) is 0 Å². The number of phenols is 8. The lowest BCUT2D eigenvalue weighted by molar-refractivity contribution is 0.208. The molecule has 20 rings (SSSR count). The molecule has 4 aromatic heterocycles. The maximum atomic E-state index is 14.2. The quantitative estimate of drug-likeness (QED) is 0.0774. The summed E-state index contributed by atoms with van der Waals surface area (Å²) in [7, 11) is 0. The first-order chi connectivity index (χ1) is 34.4. The molecular formula is C52H32O20. The van der Waals surface area contributed by atoms with E-state index in [1.54, 1.807) is 0 Å². The fourth-order valence-corrected chi connectivity index (χ4v) is 9.21. The van der Waals surface area contributed by atoms with Gasteiger partial charge in [-0.15, -0.1) is 0 Å². The Labute approximate surface area is 399 Å². The minimum Gasteiger partial charge on any atom is -0.507 e. The maximum absolute atomic E-state index is 14.2. The summed E-state index contributed by atoms with van der Waals surface area (Å²) in [6.07, 6.45) is 2.30. The van der Waals surface area contributed by atoms with E-state index in [4.69, 9.17) is 27.1 Å². The van der Waals surface area contributed by atoms with E-state index in [0.717, 1.165) is 60.7 Å². The minimum atomic E-state index is -1.40. The molecule has 72 heavy (non-hydrogen) atoms. The number of hydrogen-bond donors (Lipinski definition) is 10. The Morgan fingerprint density at radius 2 is 0.722 bits per heavy atom. The van der Waals surface area contributed by atoms with E-state index in [1.807, 2.05) is 0 Å². The van der Waals surface area contributed by atoms with Crippen molar-refractivity contribution in [1.82, 2.24) is 0 Å². The highest BCUT2D eigenvalue weighted by Gasteiger charge is 2.45. The monoisotopic (exact) mass is 976 g/mol. The SMILES string of the molecule is O=c1oc2cc(O)c1-c1cc(O)c(O)cc1/C=C/c1cc3c(c(=O)o1)[C@H](c1cc(O)c(c(=O)o1)-c1cc(O)c(O)cc1/C=C/c1cc4c(c(=O)o1)[C@H]2[C@@H](c1ccc(O)c(O)c1)O4)[C@@H](c1ccc(O)c(O)c1)O3. The van der Waals surface area contributed by atoms with Crippen molar-refractivity contribution >= 4 is 24.3 Å². The first kappa shape index (κ1) is 44.3. The molecule has 0 unspecified atom stereocenters. The largest absolute Gasteiger partial charge is 0.507 e. The van der Waals surface area contributed by atoms with Gasteiger partial charge in [0.15, 0.2) is 46.0 Å². The first-order valence-corrected chi connectivity index (χ1v) is 21.4. The summed E-state index contributed by atoms with van der Waals surface area (Å²) >= 11 is 0. The Morgan fingerprint density at radius 3 is 1.10 bits per heavy atom. The molecule has 0 saturated carbocycles. The Kier molecular flexibility index (Phi) is 9.96. The zero-order valence-electron chi connectivity index (χ0n) is 36.3. The Balaban J connectivity index is 1.16. The summed E-state index contributed by atoms with van der Waals surface area (Å²) in [5.74, 6) is -10.6. The highest BCUT2D eigenvalue weighted by atomic mass is 16.5. The number of benzene rings is 4. The van der Waals surface area contributed by atoms with Crippen molar-refractivity contribution in [3.63, 3.8) is 0 Å². The van der Waals surface area contributed by atoms with Gasteiger partial charge < -0.3 is 78.2 Å². The van der Waals surface area contributed by atoms with Gasteiger partial charge in [0, 0.05) is 35.4 Å². The van der Waals surface area contributed by atoms with E-state index in [-0.39, 0.29) is 79.0 Å². The fraction of sp³-hybridized carbons (Fsp3) is 0.0769. The van der Waals surface area contributed by atoms with Crippen LogP contribution >= 0.6 is 0 Å². The Morgan fingerprint density at radius 1 is 0.347 bits per heavy atom. The number of ether oxygens (including phenoxy) is 2. The smallest absolute Gasteiger partial charge is 0.347 e. The molecule has 15 heterocycles. The van der Waals surface area contributed by atoms with Crippen LogP contribution in [0.5, 0.6) is 69.0 Å². The van der Waals surface area contributed by atoms with Crippen LogP contribution in [0, 0.1) is 0 Å². The van der Waals surface area contributed by atoms with Crippen LogP contribution in [-0.4, -0.2) is 51.1 Å². The average molecular weight is 977 g/mol. The van der Waals surface area contributed by atoms with E-state index in [9.17, 15) is 70.2 Å². The summed E-state index contributed by atoms with van der Waals surface area (Å²) < 4.78 is 35.6. The molecule has 4 atom stereocenters. The topological polar surface area (TPSA) is 342 Å². The van der Waals surface area contributed by atoms with E-state index in [2.05, 4.69) is 0 Å². The molecule has 0 fully saturated rings. The van der Waals surface area contributed by atoms with Crippen molar-refractivity contribution in [2.45, 2.75) is 24.0 Å². The number of hydrogen-bond acceptors (Lipinski definition) is 20. The summed E-state index contributed by atoms with van der Waals surface area (Å²) in [6, 6.07) is 15.8. The maximum Gasteiger partial charge on any atom is 0.347 e. The zero-order valence-corrected chi connectivity index (χ0v) is 36.3. The zero-order chi connectivity index (χ0) is 50.6. The van der Waals surface area contributed by atoms with Crippen molar-refractivity contribution in [2.24, 2.45) is 0 Å². The molecule has 12 aliphatic rings. The lowest BCUT2D eigenvalue weighted by atomic mass is 9.88.